The van der Waals surface area contributed by atoms with E-state index >= 15 is 0 Å². The molecule has 0 bridgehead atoms. The second-order valence-electron chi connectivity index (χ2n) is 4.25. The maximum Gasteiger partial charge on any atom is 0.221 e. The minimum Gasteiger partial charge on any atom is -0.352 e. The van der Waals surface area contributed by atoms with Crippen LogP contribution in [0.2, 0.25) is 0 Å². The highest BCUT2D eigenvalue weighted by Crippen LogP contribution is 2.22. The highest BCUT2D eigenvalue weighted by atomic mass is 32.2. The predicted molar refractivity (Wildman–Crippen MR) is 74.1 cm³/mol. The van der Waals surface area contributed by atoms with Gasteiger partial charge in [0.25, 0.3) is 0 Å². The molecule has 0 aliphatic rings. The number of nitrogens with one attached hydrogen (secondary N) is 1. The van der Waals surface area contributed by atoms with Gasteiger partial charge in [-0.1, -0.05) is 26.0 Å². The molecule has 0 unspecified atom stereocenters. The summed E-state index contributed by atoms with van der Waals surface area (Å²) in [6.07, 6.45) is 0.549. The van der Waals surface area contributed by atoms with Gasteiger partial charge in [-0.3, -0.25) is 4.79 Å². The lowest BCUT2D eigenvalue weighted by Gasteiger charge is -2.07. The van der Waals surface area contributed by atoms with Crippen molar-refractivity contribution in [1.82, 2.24) is 5.32 Å². The fourth-order valence-electron chi connectivity index (χ4n) is 1.42. The second kappa shape index (κ2) is 7.78. The number of carbonyl (C=O) groups excluding carboxylic acids is 1. The van der Waals surface area contributed by atoms with E-state index in [0.717, 1.165) is 5.56 Å². The topological polar surface area (TPSA) is 52.9 Å². The fourth-order valence-corrected chi connectivity index (χ4v) is 2.25. The van der Waals surface area contributed by atoms with Crippen LogP contribution in [0, 0.1) is 11.3 Å². The van der Waals surface area contributed by atoms with Gasteiger partial charge in [0, 0.05) is 29.5 Å². The van der Waals surface area contributed by atoms with E-state index in [4.69, 9.17) is 5.26 Å². The Bertz CT molecular complexity index is 420. The molecule has 96 valence electrons. The SMILES string of the molecule is CC(C)Sc1ccc(CNC(=O)CCC#N)cc1. The Balaban J connectivity index is 2.39. The number of nitrogens with zero attached hydrogens (tertiary/aromatic N) is 1. The van der Waals surface area contributed by atoms with Gasteiger partial charge in [-0.15, -0.1) is 11.8 Å². The maximum atomic E-state index is 11.3. The number of amides is 1. The Labute approximate surface area is 113 Å². The van der Waals surface area contributed by atoms with E-state index < -0.39 is 0 Å². The lowest BCUT2D eigenvalue weighted by Crippen LogP contribution is -2.22. The zero-order valence-corrected chi connectivity index (χ0v) is 11.6. The molecule has 3 nitrogen and oxygen atoms in total. The number of hydrogen-bond acceptors (Lipinski definition) is 3. The first kappa shape index (κ1) is 14.6. The molecule has 1 N–H and O–H groups in total. The normalized spacial score (nSPS) is 10.1. The summed E-state index contributed by atoms with van der Waals surface area (Å²) in [6.45, 7) is 4.85. The first-order valence-corrected chi connectivity index (χ1v) is 6.89. The van der Waals surface area contributed by atoms with Crippen molar-refractivity contribution < 1.29 is 4.79 Å². The van der Waals surface area contributed by atoms with Gasteiger partial charge in [0.15, 0.2) is 0 Å². The predicted octanol–water partition coefficient (Wildman–Crippen LogP) is 3.11. The molecule has 0 spiro atoms. The largest absolute Gasteiger partial charge is 0.352 e. The Hall–Kier alpha value is -1.47. The van der Waals surface area contributed by atoms with Crippen molar-refractivity contribution >= 4 is 17.7 Å². The minimum atomic E-state index is -0.0721. The van der Waals surface area contributed by atoms with Gasteiger partial charge in [0.2, 0.25) is 5.91 Å². The summed E-state index contributed by atoms with van der Waals surface area (Å²) in [6, 6.07) is 10.1. The summed E-state index contributed by atoms with van der Waals surface area (Å²) in [7, 11) is 0. The minimum absolute atomic E-state index is 0.0721. The molecule has 0 aliphatic heterocycles. The molecule has 0 atom stereocenters. The van der Waals surface area contributed by atoms with Gasteiger partial charge in [0.1, 0.15) is 0 Å². The monoisotopic (exact) mass is 262 g/mol. The Kier molecular flexibility index (Phi) is 6.31. The number of hydrogen-bond donors (Lipinski definition) is 1. The molecule has 0 heterocycles. The van der Waals surface area contributed by atoms with Crippen molar-refractivity contribution in [3.63, 3.8) is 0 Å². The van der Waals surface area contributed by atoms with Crippen LogP contribution >= 0.6 is 11.8 Å². The van der Waals surface area contributed by atoms with Gasteiger partial charge >= 0.3 is 0 Å². The molecular weight excluding hydrogens is 244 g/mol. The summed E-state index contributed by atoms with van der Waals surface area (Å²) in [5.41, 5.74) is 1.08. The summed E-state index contributed by atoms with van der Waals surface area (Å²) < 4.78 is 0. The molecule has 0 fully saturated rings. The Morgan fingerprint density at radius 1 is 1.39 bits per heavy atom. The number of thioether (sulfide) groups is 1. The molecule has 0 radical (unpaired) electrons. The molecule has 4 heteroatoms. The van der Waals surface area contributed by atoms with Crippen LogP contribution in [-0.2, 0) is 11.3 Å². The van der Waals surface area contributed by atoms with Gasteiger partial charge in [0.05, 0.1) is 6.07 Å². The Morgan fingerprint density at radius 3 is 2.61 bits per heavy atom. The van der Waals surface area contributed by atoms with Crippen LogP contribution in [0.15, 0.2) is 29.2 Å². The van der Waals surface area contributed by atoms with Crippen molar-refractivity contribution in [3.05, 3.63) is 29.8 Å². The zero-order valence-electron chi connectivity index (χ0n) is 10.8. The van der Waals surface area contributed by atoms with Crippen LogP contribution in [0.25, 0.3) is 0 Å². The number of nitriles is 1. The third kappa shape index (κ3) is 5.74. The highest BCUT2D eigenvalue weighted by Gasteiger charge is 2.02. The van der Waals surface area contributed by atoms with Crippen LogP contribution in [-0.4, -0.2) is 11.2 Å². The van der Waals surface area contributed by atoms with Crippen molar-refractivity contribution in [2.24, 2.45) is 0 Å². The molecule has 0 aromatic heterocycles. The van der Waals surface area contributed by atoms with E-state index in [1.54, 1.807) is 0 Å². The zero-order chi connectivity index (χ0) is 13.4. The van der Waals surface area contributed by atoms with E-state index in [9.17, 15) is 4.79 Å². The van der Waals surface area contributed by atoms with E-state index in [-0.39, 0.29) is 18.7 Å². The first-order chi connectivity index (χ1) is 8.61. The van der Waals surface area contributed by atoms with Crippen LogP contribution in [0.1, 0.15) is 32.3 Å². The average molecular weight is 262 g/mol. The third-order valence-corrected chi connectivity index (χ3v) is 3.26. The molecule has 1 amide bonds. The van der Waals surface area contributed by atoms with E-state index in [1.807, 2.05) is 30.0 Å². The number of carbonyl (C=O) groups is 1. The smallest absolute Gasteiger partial charge is 0.221 e. The maximum absolute atomic E-state index is 11.3. The summed E-state index contributed by atoms with van der Waals surface area (Å²) >= 11 is 1.82. The molecule has 18 heavy (non-hydrogen) atoms. The Morgan fingerprint density at radius 2 is 2.06 bits per heavy atom. The third-order valence-electron chi connectivity index (χ3n) is 2.25. The fraction of sp³-hybridized carbons (Fsp3) is 0.429. The van der Waals surface area contributed by atoms with Gasteiger partial charge < -0.3 is 5.32 Å². The van der Waals surface area contributed by atoms with Gasteiger partial charge in [-0.25, -0.2) is 0 Å². The average Bonchev–Trinajstić information content (AvgIpc) is 2.35. The van der Waals surface area contributed by atoms with Crippen molar-refractivity contribution in [2.75, 3.05) is 0 Å². The summed E-state index contributed by atoms with van der Waals surface area (Å²) in [5.74, 6) is -0.0721. The quantitative estimate of drug-likeness (QED) is 0.801. The molecule has 1 rings (SSSR count). The molecule has 1 aromatic rings. The van der Waals surface area contributed by atoms with Crippen molar-refractivity contribution in [1.29, 1.82) is 5.26 Å². The molecule has 0 saturated heterocycles. The standard InChI is InChI=1S/C14H18N2OS/c1-11(2)18-13-7-5-12(6-8-13)10-16-14(17)4-3-9-15/h5-8,11H,3-4,10H2,1-2H3,(H,16,17). The summed E-state index contributed by atoms with van der Waals surface area (Å²) in [5, 5.41) is 11.7. The lowest BCUT2D eigenvalue weighted by molar-refractivity contribution is -0.121. The van der Waals surface area contributed by atoms with E-state index in [0.29, 0.717) is 11.8 Å². The van der Waals surface area contributed by atoms with Crippen molar-refractivity contribution in [2.45, 2.75) is 43.4 Å². The van der Waals surface area contributed by atoms with E-state index in [2.05, 4.69) is 31.3 Å². The van der Waals surface area contributed by atoms with Crippen LogP contribution < -0.4 is 5.32 Å². The van der Waals surface area contributed by atoms with Gasteiger partial charge in [-0.2, -0.15) is 5.26 Å². The number of rotatable bonds is 6. The highest BCUT2D eigenvalue weighted by molar-refractivity contribution is 7.99. The molecule has 0 aliphatic carbocycles. The first-order valence-electron chi connectivity index (χ1n) is 6.01. The van der Waals surface area contributed by atoms with Crippen LogP contribution in [0.5, 0.6) is 0 Å². The molecule has 1 aromatic carbocycles. The van der Waals surface area contributed by atoms with E-state index in [1.165, 1.54) is 4.90 Å². The van der Waals surface area contributed by atoms with Crippen LogP contribution in [0.3, 0.4) is 0 Å². The summed E-state index contributed by atoms with van der Waals surface area (Å²) in [4.78, 5) is 12.6. The van der Waals surface area contributed by atoms with Crippen LogP contribution in [0.4, 0.5) is 0 Å². The van der Waals surface area contributed by atoms with Crippen molar-refractivity contribution in [3.8, 4) is 6.07 Å². The number of benzene rings is 1. The van der Waals surface area contributed by atoms with Gasteiger partial charge in [-0.05, 0) is 17.7 Å². The molecular formula is C14H18N2OS. The second-order valence-corrected chi connectivity index (χ2v) is 5.90. The lowest BCUT2D eigenvalue weighted by atomic mass is 10.2. The molecule has 0 saturated carbocycles.